The van der Waals surface area contributed by atoms with Gasteiger partial charge in [-0.2, -0.15) is 0 Å². The van der Waals surface area contributed by atoms with Crippen LogP contribution in [0.5, 0.6) is 0 Å². The minimum Gasteiger partial charge on any atom is -0.388 e. The summed E-state index contributed by atoms with van der Waals surface area (Å²) in [7, 11) is 1.84. The van der Waals surface area contributed by atoms with Crippen LogP contribution >= 0.6 is 0 Å². The lowest BCUT2D eigenvalue weighted by atomic mass is 10.0. The van der Waals surface area contributed by atoms with Gasteiger partial charge in [0, 0.05) is 30.6 Å². The molecule has 1 atom stereocenters. The molecule has 0 amide bonds. The van der Waals surface area contributed by atoms with Crippen LogP contribution in [0.15, 0.2) is 18.2 Å². The molecule has 70 valence electrons. The van der Waals surface area contributed by atoms with Crippen LogP contribution < -0.4 is 11.1 Å². The summed E-state index contributed by atoms with van der Waals surface area (Å²) in [4.78, 5) is 0. The molecule has 0 spiro atoms. The molecule has 13 heavy (non-hydrogen) atoms. The van der Waals surface area contributed by atoms with Gasteiger partial charge in [0.2, 0.25) is 0 Å². The maximum atomic E-state index is 7.30. The fourth-order valence-corrected chi connectivity index (χ4v) is 1.36. The first-order valence-corrected chi connectivity index (χ1v) is 4.27. The van der Waals surface area contributed by atoms with Gasteiger partial charge in [-0.3, -0.25) is 0 Å². The van der Waals surface area contributed by atoms with Crippen molar-refractivity contribution in [3.05, 3.63) is 29.3 Å². The van der Waals surface area contributed by atoms with Gasteiger partial charge in [-0.05, 0) is 18.6 Å². The van der Waals surface area contributed by atoms with Crippen molar-refractivity contribution >= 4 is 11.9 Å². The lowest BCUT2D eigenvalue weighted by molar-refractivity contribution is 0.817. The molecule has 0 aliphatic rings. The van der Waals surface area contributed by atoms with Crippen LogP contribution in [-0.2, 0) is 0 Å². The fraction of sp³-hybridized carbons (Fsp3) is 0.300. The number of hydrogen-bond acceptors (Lipinski definition) is 3. The molecule has 0 heterocycles. The van der Waals surface area contributed by atoms with Gasteiger partial charge in [-0.15, -0.1) is 0 Å². The average molecular weight is 177 g/mol. The number of benzene rings is 1. The summed E-state index contributed by atoms with van der Waals surface area (Å²) >= 11 is 0. The predicted octanol–water partition coefficient (Wildman–Crippen LogP) is 1.75. The van der Waals surface area contributed by atoms with Crippen LogP contribution in [0, 0.1) is 5.41 Å². The van der Waals surface area contributed by atoms with E-state index in [2.05, 4.69) is 5.32 Å². The Morgan fingerprint density at radius 3 is 2.69 bits per heavy atom. The van der Waals surface area contributed by atoms with E-state index in [-0.39, 0.29) is 6.04 Å². The van der Waals surface area contributed by atoms with Gasteiger partial charge in [0.15, 0.2) is 0 Å². The van der Waals surface area contributed by atoms with E-state index < -0.39 is 0 Å². The zero-order valence-corrected chi connectivity index (χ0v) is 7.96. The second kappa shape index (κ2) is 4.05. The monoisotopic (exact) mass is 177 g/mol. The third-order valence-electron chi connectivity index (χ3n) is 2.04. The Labute approximate surface area is 78.5 Å². The van der Waals surface area contributed by atoms with Gasteiger partial charge in [-0.1, -0.05) is 12.1 Å². The standard InChI is InChI=1S/C10H15N3/c1-7(12)8-4-3-5-10(13-2)9(8)6-11/h3-7,11,13H,12H2,1-2H3. The molecular weight excluding hydrogens is 162 g/mol. The van der Waals surface area contributed by atoms with Crippen LogP contribution in [0.4, 0.5) is 5.69 Å². The van der Waals surface area contributed by atoms with E-state index in [0.29, 0.717) is 0 Å². The maximum Gasteiger partial charge on any atom is 0.0429 e. The molecule has 0 aliphatic heterocycles. The normalized spacial score (nSPS) is 12.2. The maximum absolute atomic E-state index is 7.30. The van der Waals surface area contributed by atoms with E-state index >= 15 is 0 Å². The lowest BCUT2D eigenvalue weighted by Gasteiger charge is -2.13. The lowest BCUT2D eigenvalue weighted by Crippen LogP contribution is -2.09. The minimum atomic E-state index is -0.0371. The molecule has 0 saturated carbocycles. The molecule has 3 nitrogen and oxygen atoms in total. The molecular formula is C10H15N3. The number of nitrogens with two attached hydrogens (primary N) is 1. The molecule has 4 N–H and O–H groups in total. The highest BCUT2D eigenvalue weighted by Gasteiger charge is 2.07. The quantitative estimate of drug-likeness (QED) is 0.616. The van der Waals surface area contributed by atoms with E-state index in [1.165, 1.54) is 6.21 Å². The summed E-state index contributed by atoms with van der Waals surface area (Å²) in [5.41, 5.74) is 8.61. The first kappa shape index (κ1) is 9.74. The van der Waals surface area contributed by atoms with Crippen LogP contribution in [0.3, 0.4) is 0 Å². The highest BCUT2D eigenvalue weighted by atomic mass is 14.8. The molecule has 0 saturated heterocycles. The second-order valence-electron chi connectivity index (χ2n) is 2.99. The number of rotatable bonds is 3. The predicted molar refractivity (Wildman–Crippen MR) is 56.5 cm³/mol. The Hall–Kier alpha value is -1.35. The van der Waals surface area contributed by atoms with E-state index in [0.717, 1.165) is 16.8 Å². The fourth-order valence-electron chi connectivity index (χ4n) is 1.36. The average Bonchev–Trinajstić information content (AvgIpc) is 2.16. The highest BCUT2D eigenvalue weighted by molar-refractivity contribution is 5.88. The zero-order chi connectivity index (χ0) is 9.84. The summed E-state index contributed by atoms with van der Waals surface area (Å²) in [5, 5.41) is 10.3. The van der Waals surface area contributed by atoms with Crippen molar-refractivity contribution in [2.45, 2.75) is 13.0 Å². The Morgan fingerprint density at radius 2 is 2.23 bits per heavy atom. The molecule has 0 bridgehead atoms. The Kier molecular flexibility index (Phi) is 3.03. The largest absolute Gasteiger partial charge is 0.388 e. The molecule has 1 aromatic carbocycles. The van der Waals surface area contributed by atoms with Crippen LogP contribution in [-0.4, -0.2) is 13.3 Å². The second-order valence-corrected chi connectivity index (χ2v) is 2.99. The van der Waals surface area contributed by atoms with Gasteiger partial charge >= 0.3 is 0 Å². The zero-order valence-electron chi connectivity index (χ0n) is 7.96. The highest BCUT2D eigenvalue weighted by Crippen LogP contribution is 2.21. The van der Waals surface area contributed by atoms with Crippen molar-refractivity contribution in [1.82, 2.24) is 0 Å². The number of anilines is 1. The molecule has 0 fully saturated rings. The van der Waals surface area contributed by atoms with Gasteiger partial charge in [-0.25, -0.2) is 0 Å². The van der Waals surface area contributed by atoms with Crippen molar-refractivity contribution < 1.29 is 0 Å². The minimum absolute atomic E-state index is 0.0371. The molecule has 0 aliphatic carbocycles. The first-order valence-electron chi connectivity index (χ1n) is 4.27. The molecule has 1 aromatic rings. The summed E-state index contributed by atoms with van der Waals surface area (Å²) in [6, 6.07) is 5.79. The topological polar surface area (TPSA) is 61.9 Å². The summed E-state index contributed by atoms with van der Waals surface area (Å²) < 4.78 is 0. The van der Waals surface area contributed by atoms with Gasteiger partial charge in [0.05, 0.1) is 0 Å². The van der Waals surface area contributed by atoms with Crippen molar-refractivity contribution in [3.63, 3.8) is 0 Å². The van der Waals surface area contributed by atoms with Gasteiger partial charge in [0.25, 0.3) is 0 Å². The molecule has 0 aromatic heterocycles. The first-order chi connectivity index (χ1) is 6.20. The molecule has 3 heteroatoms. The molecule has 0 radical (unpaired) electrons. The number of hydrogen-bond donors (Lipinski definition) is 3. The molecule has 1 unspecified atom stereocenters. The van der Waals surface area contributed by atoms with E-state index in [1.807, 2.05) is 32.2 Å². The Morgan fingerprint density at radius 1 is 1.54 bits per heavy atom. The third kappa shape index (κ3) is 1.87. The Bertz CT molecular complexity index is 305. The van der Waals surface area contributed by atoms with Crippen molar-refractivity contribution in [2.24, 2.45) is 5.73 Å². The van der Waals surface area contributed by atoms with E-state index in [1.54, 1.807) is 0 Å². The van der Waals surface area contributed by atoms with Gasteiger partial charge in [0.1, 0.15) is 0 Å². The van der Waals surface area contributed by atoms with Crippen LogP contribution in [0.1, 0.15) is 24.1 Å². The van der Waals surface area contributed by atoms with Crippen molar-refractivity contribution in [2.75, 3.05) is 12.4 Å². The van der Waals surface area contributed by atoms with Crippen LogP contribution in [0.25, 0.3) is 0 Å². The van der Waals surface area contributed by atoms with E-state index in [9.17, 15) is 0 Å². The van der Waals surface area contributed by atoms with Gasteiger partial charge < -0.3 is 16.5 Å². The third-order valence-corrected chi connectivity index (χ3v) is 2.04. The van der Waals surface area contributed by atoms with Crippen LogP contribution in [0.2, 0.25) is 0 Å². The summed E-state index contributed by atoms with van der Waals surface area (Å²) in [5.74, 6) is 0. The SMILES string of the molecule is CNc1cccc(C(C)N)c1C=N. The summed E-state index contributed by atoms with van der Waals surface area (Å²) in [6.45, 7) is 1.92. The van der Waals surface area contributed by atoms with Crippen molar-refractivity contribution in [3.8, 4) is 0 Å². The smallest absolute Gasteiger partial charge is 0.0429 e. The van der Waals surface area contributed by atoms with E-state index in [4.69, 9.17) is 11.1 Å². The number of nitrogens with one attached hydrogen (secondary N) is 2. The summed E-state index contributed by atoms with van der Waals surface area (Å²) in [6.07, 6.45) is 1.34. The molecule has 1 rings (SSSR count). The Balaban J connectivity index is 3.27. The van der Waals surface area contributed by atoms with Crippen molar-refractivity contribution in [1.29, 1.82) is 5.41 Å².